The lowest BCUT2D eigenvalue weighted by atomic mass is 9.90. The van der Waals surface area contributed by atoms with Crippen molar-refractivity contribution < 1.29 is 9.90 Å². The third-order valence-corrected chi connectivity index (χ3v) is 5.86. The molecule has 5 heteroatoms. The Morgan fingerprint density at radius 3 is 2.59 bits per heavy atom. The SMILES string of the molecule is CN(C)c1ccc(C(c2ccnc3ccccc23)N2CCCCC2C(=O)O)cc1. The van der Waals surface area contributed by atoms with E-state index in [0.717, 1.165) is 47.1 Å². The molecule has 5 nitrogen and oxygen atoms in total. The summed E-state index contributed by atoms with van der Waals surface area (Å²) in [4.78, 5) is 20.8. The van der Waals surface area contributed by atoms with Crippen molar-refractivity contribution in [1.29, 1.82) is 0 Å². The largest absolute Gasteiger partial charge is 0.480 e. The van der Waals surface area contributed by atoms with Gasteiger partial charge in [-0.2, -0.15) is 0 Å². The molecule has 1 aromatic heterocycles. The summed E-state index contributed by atoms with van der Waals surface area (Å²) < 4.78 is 0. The van der Waals surface area contributed by atoms with Crippen molar-refractivity contribution in [3.05, 3.63) is 71.9 Å². The van der Waals surface area contributed by atoms with E-state index in [2.05, 4.69) is 45.1 Å². The molecule has 150 valence electrons. The highest BCUT2D eigenvalue weighted by Crippen LogP contribution is 2.37. The zero-order valence-electron chi connectivity index (χ0n) is 17.0. The predicted molar refractivity (Wildman–Crippen MR) is 116 cm³/mol. The van der Waals surface area contributed by atoms with Gasteiger partial charge in [-0.1, -0.05) is 36.8 Å². The third kappa shape index (κ3) is 3.83. The van der Waals surface area contributed by atoms with Gasteiger partial charge in [0.05, 0.1) is 11.6 Å². The molecular weight excluding hydrogens is 362 g/mol. The van der Waals surface area contributed by atoms with Crippen LogP contribution in [0.1, 0.15) is 36.4 Å². The number of benzene rings is 2. The van der Waals surface area contributed by atoms with Gasteiger partial charge in [-0.15, -0.1) is 0 Å². The third-order valence-electron chi connectivity index (χ3n) is 5.86. The van der Waals surface area contributed by atoms with Gasteiger partial charge >= 0.3 is 5.97 Å². The standard InChI is InChI=1S/C24H27N3O2/c1-26(2)18-12-10-17(11-13-18)23(27-16-6-5-9-22(27)24(28)29)20-14-15-25-21-8-4-3-7-19(20)21/h3-4,7-8,10-15,22-23H,5-6,9,16H2,1-2H3,(H,28,29). The summed E-state index contributed by atoms with van der Waals surface area (Å²) in [5.41, 5.74) is 4.28. The van der Waals surface area contributed by atoms with Crippen LogP contribution < -0.4 is 4.90 Å². The number of fused-ring (bicyclic) bond motifs is 1. The topological polar surface area (TPSA) is 56.7 Å². The summed E-state index contributed by atoms with van der Waals surface area (Å²) in [6, 6.07) is 18.0. The number of pyridine rings is 1. The number of anilines is 1. The van der Waals surface area contributed by atoms with E-state index in [1.54, 1.807) is 0 Å². The second kappa shape index (κ2) is 8.21. The van der Waals surface area contributed by atoms with E-state index >= 15 is 0 Å². The normalized spacial score (nSPS) is 18.5. The number of likely N-dealkylation sites (tertiary alicyclic amines) is 1. The first-order valence-corrected chi connectivity index (χ1v) is 10.2. The van der Waals surface area contributed by atoms with Crippen molar-refractivity contribution in [2.45, 2.75) is 31.3 Å². The molecule has 1 aliphatic heterocycles. The van der Waals surface area contributed by atoms with E-state index < -0.39 is 12.0 Å². The van der Waals surface area contributed by atoms with Crippen molar-refractivity contribution in [2.24, 2.45) is 0 Å². The zero-order valence-corrected chi connectivity index (χ0v) is 17.0. The lowest BCUT2D eigenvalue weighted by Crippen LogP contribution is -2.46. The van der Waals surface area contributed by atoms with E-state index in [1.165, 1.54) is 0 Å². The van der Waals surface area contributed by atoms with Crippen LogP contribution in [0.15, 0.2) is 60.8 Å². The first kappa shape index (κ1) is 19.4. The Morgan fingerprint density at radius 2 is 1.86 bits per heavy atom. The number of hydrogen-bond donors (Lipinski definition) is 1. The fourth-order valence-corrected chi connectivity index (χ4v) is 4.39. The lowest BCUT2D eigenvalue weighted by molar-refractivity contribution is -0.145. The fourth-order valence-electron chi connectivity index (χ4n) is 4.39. The van der Waals surface area contributed by atoms with Crippen LogP contribution in [-0.2, 0) is 4.79 Å². The van der Waals surface area contributed by atoms with E-state index in [-0.39, 0.29) is 6.04 Å². The molecule has 1 saturated heterocycles. The van der Waals surface area contributed by atoms with Gasteiger partial charge in [0.2, 0.25) is 0 Å². The average molecular weight is 389 g/mol. The molecule has 1 fully saturated rings. The maximum Gasteiger partial charge on any atom is 0.320 e. The molecule has 0 spiro atoms. The fraction of sp³-hybridized carbons (Fsp3) is 0.333. The van der Waals surface area contributed by atoms with E-state index in [0.29, 0.717) is 6.42 Å². The van der Waals surface area contributed by atoms with Gasteiger partial charge in [0.25, 0.3) is 0 Å². The van der Waals surface area contributed by atoms with Crippen LogP contribution in [0.4, 0.5) is 5.69 Å². The Labute approximate surface area is 171 Å². The molecule has 2 unspecified atom stereocenters. The van der Waals surface area contributed by atoms with Crippen LogP contribution in [0.5, 0.6) is 0 Å². The molecule has 0 aliphatic carbocycles. The highest BCUT2D eigenvalue weighted by Gasteiger charge is 2.35. The number of para-hydroxylation sites is 1. The first-order valence-electron chi connectivity index (χ1n) is 10.2. The van der Waals surface area contributed by atoms with Crippen molar-refractivity contribution in [3.8, 4) is 0 Å². The molecule has 2 heterocycles. The number of carboxylic acid groups (broad SMARTS) is 1. The molecule has 3 aromatic rings. The van der Waals surface area contributed by atoms with Crippen molar-refractivity contribution in [3.63, 3.8) is 0 Å². The number of carbonyl (C=O) groups is 1. The van der Waals surface area contributed by atoms with E-state index in [1.807, 2.05) is 44.6 Å². The van der Waals surface area contributed by atoms with Crippen molar-refractivity contribution in [2.75, 3.05) is 25.5 Å². The molecule has 4 rings (SSSR count). The number of carboxylic acids is 1. The Hall–Kier alpha value is -2.92. The van der Waals surface area contributed by atoms with Crippen molar-refractivity contribution >= 4 is 22.6 Å². The number of piperidine rings is 1. The maximum absolute atomic E-state index is 12.1. The van der Waals surface area contributed by atoms with Crippen LogP contribution in [0.25, 0.3) is 10.9 Å². The number of hydrogen-bond acceptors (Lipinski definition) is 4. The first-order chi connectivity index (χ1) is 14.1. The van der Waals surface area contributed by atoms with Gasteiger partial charge in [-0.3, -0.25) is 14.7 Å². The second-order valence-corrected chi connectivity index (χ2v) is 7.89. The summed E-state index contributed by atoms with van der Waals surface area (Å²) in [5, 5.41) is 11.0. The van der Waals surface area contributed by atoms with E-state index in [4.69, 9.17) is 0 Å². The molecule has 0 bridgehead atoms. The molecule has 0 saturated carbocycles. The van der Waals surface area contributed by atoms with Crippen LogP contribution >= 0.6 is 0 Å². The minimum atomic E-state index is -0.738. The second-order valence-electron chi connectivity index (χ2n) is 7.89. The molecule has 0 amide bonds. The Morgan fingerprint density at radius 1 is 1.10 bits per heavy atom. The zero-order chi connectivity index (χ0) is 20.4. The Bertz CT molecular complexity index is 995. The van der Waals surface area contributed by atoms with Crippen LogP contribution in [0.3, 0.4) is 0 Å². The van der Waals surface area contributed by atoms with Gasteiger partial charge in [0, 0.05) is 31.4 Å². The van der Waals surface area contributed by atoms with E-state index in [9.17, 15) is 9.90 Å². The predicted octanol–water partition coefficient (Wildman–Crippen LogP) is 4.33. The summed E-state index contributed by atoms with van der Waals surface area (Å²) >= 11 is 0. The average Bonchev–Trinajstić information content (AvgIpc) is 2.75. The lowest BCUT2D eigenvalue weighted by Gasteiger charge is -2.40. The summed E-state index contributed by atoms with van der Waals surface area (Å²) in [6.07, 6.45) is 4.49. The molecule has 2 aromatic carbocycles. The minimum Gasteiger partial charge on any atom is -0.480 e. The molecule has 2 atom stereocenters. The molecule has 1 N–H and O–H groups in total. The number of aliphatic carboxylic acids is 1. The molecular formula is C24H27N3O2. The monoisotopic (exact) mass is 389 g/mol. The maximum atomic E-state index is 12.1. The van der Waals surface area contributed by atoms with Crippen LogP contribution in [-0.4, -0.2) is 47.6 Å². The van der Waals surface area contributed by atoms with Crippen LogP contribution in [0.2, 0.25) is 0 Å². The Balaban J connectivity index is 1.87. The van der Waals surface area contributed by atoms with Gasteiger partial charge < -0.3 is 10.0 Å². The molecule has 29 heavy (non-hydrogen) atoms. The van der Waals surface area contributed by atoms with Crippen LogP contribution in [0, 0.1) is 0 Å². The summed E-state index contributed by atoms with van der Waals surface area (Å²) in [7, 11) is 4.04. The molecule has 0 radical (unpaired) electrons. The highest BCUT2D eigenvalue weighted by atomic mass is 16.4. The van der Waals surface area contributed by atoms with Gasteiger partial charge in [0.1, 0.15) is 6.04 Å². The quantitative estimate of drug-likeness (QED) is 0.704. The van der Waals surface area contributed by atoms with Gasteiger partial charge in [0.15, 0.2) is 0 Å². The highest BCUT2D eigenvalue weighted by molar-refractivity contribution is 5.83. The number of nitrogens with zero attached hydrogens (tertiary/aromatic N) is 3. The number of rotatable bonds is 5. The smallest absolute Gasteiger partial charge is 0.320 e. The van der Waals surface area contributed by atoms with Gasteiger partial charge in [-0.05, 0) is 54.8 Å². The van der Waals surface area contributed by atoms with Crippen molar-refractivity contribution in [1.82, 2.24) is 9.88 Å². The summed E-state index contributed by atoms with van der Waals surface area (Å²) in [6.45, 7) is 0.772. The number of aromatic nitrogens is 1. The Kier molecular flexibility index (Phi) is 5.49. The van der Waals surface area contributed by atoms with Gasteiger partial charge in [-0.25, -0.2) is 0 Å². The molecule has 1 aliphatic rings. The minimum absolute atomic E-state index is 0.125. The summed E-state index contributed by atoms with van der Waals surface area (Å²) in [5.74, 6) is -0.738.